The predicted molar refractivity (Wildman–Crippen MR) is 77.6 cm³/mol. The summed E-state index contributed by atoms with van der Waals surface area (Å²) in [5.41, 5.74) is 2.87. The maximum atomic E-state index is 11.3. The van der Waals surface area contributed by atoms with Crippen LogP contribution < -0.4 is 10.1 Å². The Labute approximate surface area is 120 Å². The molecule has 4 heteroatoms. The summed E-state index contributed by atoms with van der Waals surface area (Å²) in [6, 6.07) is 3.97. The van der Waals surface area contributed by atoms with Crippen molar-refractivity contribution in [2.75, 3.05) is 6.61 Å². The van der Waals surface area contributed by atoms with Gasteiger partial charge in [0.15, 0.2) is 0 Å². The van der Waals surface area contributed by atoms with Crippen molar-refractivity contribution in [3.05, 3.63) is 28.8 Å². The normalized spacial score (nSPS) is 19.2. The van der Waals surface area contributed by atoms with Gasteiger partial charge in [-0.05, 0) is 18.9 Å². The van der Waals surface area contributed by atoms with Crippen LogP contribution in [0.25, 0.3) is 0 Å². The number of aliphatic hydroxyl groups excluding tert-OH is 1. The third kappa shape index (κ3) is 2.96. The third-order valence-corrected chi connectivity index (χ3v) is 3.65. The molecule has 2 rings (SSSR count). The van der Waals surface area contributed by atoms with E-state index in [1.165, 1.54) is 6.92 Å². The summed E-state index contributed by atoms with van der Waals surface area (Å²) in [5.74, 6) is 0.808. The molecule has 0 spiro atoms. The zero-order valence-electron chi connectivity index (χ0n) is 12.6. The monoisotopic (exact) mass is 277 g/mol. The minimum atomic E-state index is -0.556. The Kier molecular flexibility index (Phi) is 4.33. The van der Waals surface area contributed by atoms with Crippen LogP contribution in [0.5, 0.6) is 5.75 Å². The fraction of sp³-hybridized carbons (Fsp3) is 0.562. The lowest BCUT2D eigenvalue weighted by molar-refractivity contribution is -0.119. The Bertz CT molecular complexity index is 511. The van der Waals surface area contributed by atoms with E-state index in [-0.39, 0.29) is 17.9 Å². The van der Waals surface area contributed by atoms with E-state index >= 15 is 0 Å². The van der Waals surface area contributed by atoms with Crippen molar-refractivity contribution in [3.63, 3.8) is 0 Å². The number of ether oxygens (including phenoxy) is 1. The molecular formula is C16H23NO3. The van der Waals surface area contributed by atoms with Gasteiger partial charge < -0.3 is 15.2 Å². The Morgan fingerprint density at radius 3 is 2.75 bits per heavy atom. The summed E-state index contributed by atoms with van der Waals surface area (Å²) < 4.78 is 5.78. The number of aryl methyl sites for hydroxylation is 1. The summed E-state index contributed by atoms with van der Waals surface area (Å²) in [7, 11) is 0. The molecular weight excluding hydrogens is 254 g/mol. The molecule has 1 aromatic rings. The zero-order valence-corrected chi connectivity index (χ0v) is 12.6. The molecule has 0 saturated heterocycles. The van der Waals surface area contributed by atoms with Gasteiger partial charge in [-0.25, -0.2) is 0 Å². The average Bonchev–Trinajstić information content (AvgIpc) is 2.37. The minimum Gasteiger partial charge on any atom is -0.493 e. The standard InChI is InChI=1S/C16H23NO3/c1-9(2)15(19)13-8-10(3)7-12-14(17-11(4)18)5-6-20-16(12)13/h7-9,14-15,19H,5-6H2,1-4H3,(H,17,18). The lowest BCUT2D eigenvalue weighted by Crippen LogP contribution is -2.31. The smallest absolute Gasteiger partial charge is 0.217 e. The first-order valence-electron chi connectivity index (χ1n) is 7.12. The first-order chi connectivity index (χ1) is 9.40. The van der Waals surface area contributed by atoms with Crippen LogP contribution in [0, 0.1) is 12.8 Å². The Morgan fingerprint density at radius 2 is 2.15 bits per heavy atom. The van der Waals surface area contributed by atoms with Gasteiger partial charge in [0.1, 0.15) is 5.75 Å². The van der Waals surface area contributed by atoms with Gasteiger partial charge in [0.2, 0.25) is 5.91 Å². The van der Waals surface area contributed by atoms with Crippen molar-refractivity contribution >= 4 is 5.91 Å². The van der Waals surface area contributed by atoms with Gasteiger partial charge in [0, 0.05) is 24.5 Å². The maximum Gasteiger partial charge on any atom is 0.217 e. The topological polar surface area (TPSA) is 58.6 Å². The molecule has 0 saturated carbocycles. The number of amides is 1. The molecule has 2 unspecified atom stereocenters. The number of aliphatic hydroxyl groups is 1. The number of carbonyl (C=O) groups excluding carboxylic acids is 1. The van der Waals surface area contributed by atoms with Crippen LogP contribution in [-0.2, 0) is 4.79 Å². The van der Waals surface area contributed by atoms with Crippen LogP contribution in [0.2, 0.25) is 0 Å². The number of hydrogen-bond donors (Lipinski definition) is 2. The molecule has 0 fully saturated rings. The molecule has 0 radical (unpaired) electrons. The van der Waals surface area contributed by atoms with E-state index in [1.54, 1.807) is 0 Å². The summed E-state index contributed by atoms with van der Waals surface area (Å²) in [4.78, 5) is 11.3. The van der Waals surface area contributed by atoms with Gasteiger partial charge >= 0.3 is 0 Å². The molecule has 0 bridgehead atoms. The van der Waals surface area contributed by atoms with E-state index < -0.39 is 6.10 Å². The van der Waals surface area contributed by atoms with E-state index in [1.807, 2.05) is 32.9 Å². The molecule has 4 nitrogen and oxygen atoms in total. The van der Waals surface area contributed by atoms with Gasteiger partial charge in [0.25, 0.3) is 0 Å². The average molecular weight is 277 g/mol. The first kappa shape index (κ1) is 14.9. The van der Waals surface area contributed by atoms with Crippen molar-refractivity contribution in [2.24, 2.45) is 5.92 Å². The van der Waals surface area contributed by atoms with Gasteiger partial charge in [0.05, 0.1) is 18.8 Å². The van der Waals surface area contributed by atoms with E-state index in [0.717, 1.165) is 28.9 Å². The minimum absolute atomic E-state index is 0.0331. The van der Waals surface area contributed by atoms with Crippen molar-refractivity contribution in [2.45, 2.75) is 46.3 Å². The molecule has 2 atom stereocenters. The predicted octanol–water partition coefficient (Wildman–Crippen LogP) is 2.64. The molecule has 0 aliphatic carbocycles. The van der Waals surface area contributed by atoms with Crippen LogP contribution in [0.15, 0.2) is 12.1 Å². The second-order valence-corrected chi connectivity index (χ2v) is 5.85. The molecule has 1 aliphatic heterocycles. The van der Waals surface area contributed by atoms with Gasteiger partial charge in [-0.2, -0.15) is 0 Å². The van der Waals surface area contributed by atoms with Crippen molar-refractivity contribution < 1.29 is 14.6 Å². The maximum absolute atomic E-state index is 11.3. The van der Waals surface area contributed by atoms with Crippen molar-refractivity contribution in [1.29, 1.82) is 0 Å². The van der Waals surface area contributed by atoms with E-state index in [4.69, 9.17) is 4.74 Å². The first-order valence-corrected chi connectivity index (χ1v) is 7.12. The van der Waals surface area contributed by atoms with Crippen LogP contribution >= 0.6 is 0 Å². The van der Waals surface area contributed by atoms with Crippen LogP contribution in [0.4, 0.5) is 0 Å². The van der Waals surface area contributed by atoms with E-state index in [2.05, 4.69) is 5.32 Å². The number of rotatable bonds is 3. The lowest BCUT2D eigenvalue weighted by atomic mass is 9.90. The molecule has 110 valence electrons. The summed E-state index contributed by atoms with van der Waals surface area (Å²) in [5, 5.41) is 13.3. The highest BCUT2D eigenvalue weighted by Gasteiger charge is 2.28. The summed E-state index contributed by atoms with van der Waals surface area (Å²) in [6.45, 7) is 8.03. The SMILES string of the molecule is CC(=O)NC1CCOc2c1cc(C)cc2C(O)C(C)C. The van der Waals surface area contributed by atoms with E-state index in [0.29, 0.717) is 6.61 Å². The highest BCUT2D eigenvalue weighted by molar-refractivity contribution is 5.73. The van der Waals surface area contributed by atoms with Gasteiger partial charge in [-0.3, -0.25) is 4.79 Å². The molecule has 1 aromatic carbocycles. The van der Waals surface area contributed by atoms with Gasteiger partial charge in [-0.1, -0.05) is 25.5 Å². The number of fused-ring (bicyclic) bond motifs is 1. The molecule has 2 N–H and O–H groups in total. The number of hydrogen-bond acceptors (Lipinski definition) is 3. The van der Waals surface area contributed by atoms with Crippen molar-refractivity contribution in [1.82, 2.24) is 5.32 Å². The molecule has 1 heterocycles. The Hall–Kier alpha value is -1.55. The fourth-order valence-corrected chi connectivity index (χ4v) is 2.66. The Balaban J connectivity index is 2.47. The molecule has 20 heavy (non-hydrogen) atoms. The highest BCUT2D eigenvalue weighted by Crippen LogP contribution is 2.40. The van der Waals surface area contributed by atoms with Crippen LogP contribution in [-0.4, -0.2) is 17.6 Å². The molecule has 0 aromatic heterocycles. The van der Waals surface area contributed by atoms with E-state index in [9.17, 15) is 9.90 Å². The van der Waals surface area contributed by atoms with Crippen molar-refractivity contribution in [3.8, 4) is 5.75 Å². The number of carbonyl (C=O) groups is 1. The zero-order chi connectivity index (χ0) is 14.9. The number of benzene rings is 1. The second-order valence-electron chi connectivity index (χ2n) is 5.85. The quantitative estimate of drug-likeness (QED) is 0.893. The molecule has 1 amide bonds. The largest absolute Gasteiger partial charge is 0.493 e. The second kappa shape index (κ2) is 5.83. The summed E-state index contributed by atoms with van der Waals surface area (Å²) in [6.07, 6.45) is 0.201. The lowest BCUT2D eigenvalue weighted by Gasteiger charge is -2.30. The molecule has 1 aliphatic rings. The van der Waals surface area contributed by atoms with Crippen LogP contribution in [0.3, 0.4) is 0 Å². The number of nitrogens with one attached hydrogen (secondary N) is 1. The fourth-order valence-electron chi connectivity index (χ4n) is 2.66. The summed E-state index contributed by atoms with van der Waals surface area (Å²) >= 11 is 0. The van der Waals surface area contributed by atoms with Gasteiger partial charge in [-0.15, -0.1) is 0 Å². The van der Waals surface area contributed by atoms with Crippen LogP contribution in [0.1, 0.15) is 56.0 Å². The third-order valence-electron chi connectivity index (χ3n) is 3.65. The highest BCUT2D eigenvalue weighted by atomic mass is 16.5. The Morgan fingerprint density at radius 1 is 1.45 bits per heavy atom.